The molecule has 140 valence electrons. The molecule has 0 spiro atoms. The number of amides is 1. The maximum atomic E-state index is 13.0. The minimum atomic E-state index is -0.180. The number of thiazole rings is 1. The van der Waals surface area contributed by atoms with Gasteiger partial charge in [-0.25, -0.2) is 4.98 Å². The third kappa shape index (κ3) is 4.46. The summed E-state index contributed by atoms with van der Waals surface area (Å²) >= 11 is 4.80. The number of rotatable bonds is 5. The highest BCUT2D eigenvalue weighted by Gasteiger charge is 2.24. The number of fused-ring (bicyclic) bond motifs is 1. The first-order chi connectivity index (χ1) is 11.8. The first kappa shape index (κ1) is 20.9. The Kier molecular flexibility index (Phi) is 6.85. The lowest BCUT2D eigenvalue weighted by molar-refractivity contribution is 0.0957. The number of aryl methyl sites for hydroxylation is 2. The van der Waals surface area contributed by atoms with Crippen LogP contribution in [0, 0.1) is 13.8 Å². The average molecular weight is 459 g/mol. The Hall–Kier alpha value is -1.41. The van der Waals surface area contributed by atoms with E-state index in [4.69, 9.17) is 9.40 Å². The lowest BCUT2D eigenvalue weighted by Crippen LogP contribution is -2.36. The number of hydrogen-bond donors (Lipinski definition) is 0. The number of likely N-dealkylation sites (N-methyl/N-ethyl adjacent to an activating group) is 1. The third-order valence-electron chi connectivity index (χ3n) is 3.84. The zero-order chi connectivity index (χ0) is 18.1. The van der Waals surface area contributed by atoms with Gasteiger partial charge in [-0.3, -0.25) is 9.69 Å². The van der Waals surface area contributed by atoms with Crippen molar-refractivity contribution < 1.29 is 9.21 Å². The van der Waals surface area contributed by atoms with Crippen molar-refractivity contribution in [3.8, 4) is 0 Å². The number of halogens is 2. The fraction of sp³-hybridized carbons (Fsp3) is 0.333. The van der Waals surface area contributed by atoms with Crippen molar-refractivity contribution in [3.05, 3.63) is 45.8 Å². The summed E-state index contributed by atoms with van der Waals surface area (Å²) in [6.45, 7) is 5.41. The van der Waals surface area contributed by atoms with Gasteiger partial charge in [-0.2, -0.15) is 0 Å². The molecule has 2 heterocycles. The maximum absolute atomic E-state index is 13.0. The van der Waals surface area contributed by atoms with Crippen molar-refractivity contribution in [1.82, 2.24) is 9.88 Å². The summed E-state index contributed by atoms with van der Waals surface area (Å²) in [6, 6.07) is 7.60. The van der Waals surface area contributed by atoms with Crippen molar-refractivity contribution in [2.75, 3.05) is 32.1 Å². The summed E-state index contributed by atoms with van der Waals surface area (Å²) in [5.74, 6) is 0.124. The molecule has 0 saturated heterocycles. The standard InChI is InChI=1S/C18H20BrN3O2S.ClH/c1-11-9-12(2)16-13(10-11)20-18(25-16)22(8-7-21(3)4)17(23)14-5-6-15(19)24-14;/h5-6,9-10H,7-8H2,1-4H3;1H. The van der Waals surface area contributed by atoms with Gasteiger partial charge in [0.15, 0.2) is 15.6 Å². The van der Waals surface area contributed by atoms with Gasteiger partial charge in [0.05, 0.1) is 10.2 Å². The van der Waals surface area contributed by atoms with Crippen LogP contribution in [0.1, 0.15) is 21.7 Å². The minimum absolute atomic E-state index is 0. The largest absolute Gasteiger partial charge is 0.444 e. The predicted octanol–water partition coefficient (Wildman–Crippen LogP) is 4.90. The second-order valence-electron chi connectivity index (χ2n) is 6.29. The molecule has 0 radical (unpaired) electrons. The van der Waals surface area contributed by atoms with Crippen molar-refractivity contribution in [1.29, 1.82) is 0 Å². The molecule has 0 aliphatic rings. The molecule has 0 fully saturated rings. The highest BCUT2D eigenvalue weighted by atomic mass is 79.9. The van der Waals surface area contributed by atoms with E-state index in [9.17, 15) is 4.79 Å². The van der Waals surface area contributed by atoms with E-state index in [1.165, 1.54) is 11.1 Å². The van der Waals surface area contributed by atoms with Crippen LogP contribution in [0.5, 0.6) is 0 Å². The van der Waals surface area contributed by atoms with Gasteiger partial charge in [0, 0.05) is 13.1 Å². The molecule has 26 heavy (non-hydrogen) atoms. The Morgan fingerprint density at radius 1 is 1.23 bits per heavy atom. The van der Waals surface area contributed by atoms with Crippen LogP contribution in [-0.4, -0.2) is 43.0 Å². The molecule has 3 aromatic rings. The molecule has 0 saturated carbocycles. The van der Waals surface area contributed by atoms with Crippen LogP contribution in [0.4, 0.5) is 5.13 Å². The molecule has 0 aliphatic heterocycles. The summed E-state index contributed by atoms with van der Waals surface area (Å²) in [4.78, 5) is 21.4. The second-order valence-corrected chi connectivity index (χ2v) is 8.05. The SMILES string of the molecule is Cc1cc(C)c2sc(N(CCN(C)C)C(=O)c3ccc(Br)o3)nc2c1.Cl. The molecule has 2 aromatic heterocycles. The number of nitrogens with zero attached hydrogens (tertiary/aromatic N) is 3. The normalized spacial score (nSPS) is 11.0. The van der Waals surface area contributed by atoms with Crippen LogP contribution < -0.4 is 4.90 Å². The molecule has 0 bridgehead atoms. The summed E-state index contributed by atoms with van der Waals surface area (Å²) < 4.78 is 7.12. The number of anilines is 1. The summed E-state index contributed by atoms with van der Waals surface area (Å²) in [5.41, 5.74) is 3.28. The van der Waals surface area contributed by atoms with Gasteiger partial charge >= 0.3 is 0 Å². The molecule has 1 amide bonds. The van der Waals surface area contributed by atoms with Crippen molar-refractivity contribution in [3.63, 3.8) is 0 Å². The number of carbonyl (C=O) groups is 1. The Morgan fingerprint density at radius 3 is 2.58 bits per heavy atom. The van der Waals surface area contributed by atoms with Gasteiger partial charge in [0.25, 0.3) is 5.91 Å². The van der Waals surface area contributed by atoms with Crippen molar-refractivity contribution in [2.24, 2.45) is 0 Å². The van der Waals surface area contributed by atoms with Crippen LogP contribution in [0.25, 0.3) is 10.2 Å². The van der Waals surface area contributed by atoms with Gasteiger partial charge < -0.3 is 9.32 Å². The van der Waals surface area contributed by atoms with E-state index in [1.807, 2.05) is 19.0 Å². The van der Waals surface area contributed by atoms with E-state index in [2.05, 4.69) is 41.9 Å². The van der Waals surface area contributed by atoms with E-state index in [0.29, 0.717) is 22.1 Å². The monoisotopic (exact) mass is 457 g/mol. The number of carbonyl (C=O) groups excluding carboxylic acids is 1. The van der Waals surface area contributed by atoms with Gasteiger partial charge in [0.1, 0.15) is 0 Å². The fourth-order valence-corrected chi connectivity index (χ4v) is 3.97. The van der Waals surface area contributed by atoms with Crippen LogP contribution >= 0.6 is 39.7 Å². The van der Waals surface area contributed by atoms with E-state index in [1.54, 1.807) is 28.4 Å². The highest BCUT2D eigenvalue weighted by molar-refractivity contribution is 9.10. The van der Waals surface area contributed by atoms with E-state index in [0.717, 1.165) is 16.8 Å². The molecule has 5 nitrogen and oxygen atoms in total. The van der Waals surface area contributed by atoms with Gasteiger partial charge in [-0.1, -0.05) is 17.4 Å². The zero-order valence-corrected chi connectivity index (χ0v) is 18.3. The predicted molar refractivity (Wildman–Crippen MR) is 113 cm³/mol. The molecule has 3 rings (SSSR count). The van der Waals surface area contributed by atoms with Crippen molar-refractivity contribution in [2.45, 2.75) is 13.8 Å². The molecule has 0 N–H and O–H groups in total. The summed E-state index contributed by atoms with van der Waals surface area (Å²) in [5, 5.41) is 0.697. The average Bonchev–Trinajstić information content (AvgIpc) is 3.13. The quantitative estimate of drug-likeness (QED) is 0.546. The number of hydrogen-bond acceptors (Lipinski definition) is 5. The first-order valence-corrected chi connectivity index (χ1v) is 9.56. The van der Waals surface area contributed by atoms with Crippen LogP contribution in [-0.2, 0) is 0 Å². The van der Waals surface area contributed by atoms with Gasteiger partial charge in [-0.15, -0.1) is 12.4 Å². The van der Waals surface area contributed by atoms with Crippen LogP contribution in [0.3, 0.4) is 0 Å². The molecule has 0 unspecified atom stereocenters. The zero-order valence-electron chi connectivity index (χ0n) is 15.1. The number of aromatic nitrogens is 1. The maximum Gasteiger partial charge on any atom is 0.295 e. The fourth-order valence-electron chi connectivity index (χ4n) is 2.63. The lowest BCUT2D eigenvalue weighted by atomic mass is 10.1. The molecular formula is C18H21BrClN3O2S. The first-order valence-electron chi connectivity index (χ1n) is 7.95. The molecule has 0 aliphatic carbocycles. The lowest BCUT2D eigenvalue weighted by Gasteiger charge is -2.20. The Balaban J connectivity index is 0.00000243. The smallest absolute Gasteiger partial charge is 0.295 e. The van der Waals surface area contributed by atoms with Crippen LogP contribution in [0.15, 0.2) is 33.4 Å². The molecular weight excluding hydrogens is 438 g/mol. The minimum Gasteiger partial charge on any atom is -0.444 e. The van der Waals surface area contributed by atoms with Gasteiger partial charge in [0.2, 0.25) is 0 Å². The third-order valence-corrected chi connectivity index (χ3v) is 5.50. The van der Waals surface area contributed by atoms with E-state index < -0.39 is 0 Å². The number of benzene rings is 1. The second kappa shape index (κ2) is 8.52. The Morgan fingerprint density at radius 2 is 1.96 bits per heavy atom. The highest BCUT2D eigenvalue weighted by Crippen LogP contribution is 2.33. The topological polar surface area (TPSA) is 49.6 Å². The Labute approximate surface area is 171 Å². The molecule has 8 heteroatoms. The summed E-state index contributed by atoms with van der Waals surface area (Å²) in [6.07, 6.45) is 0. The molecule has 1 aromatic carbocycles. The van der Waals surface area contributed by atoms with Crippen LogP contribution in [0.2, 0.25) is 0 Å². The van der Waals surface area contributed by atoms with Crippen molar-refractivity contribution >= 4 is 60.9 Å². The summed E-state index contributed by atoms with van der Waals surface area (Å²) in [7, 11) is 3.97. The van der Waals surface area contributed by atoms with Gasteiger partial charge in [-0.05, 0) is 73.2 Å². The van der Waals surface area contributed by atoms with E-state index in [-0.39, 0.29) is 18.3 Å². The molecule has 0 atom stereocenters. The number of furan rings is 1. The van der Waals surface area contributed by atoms with E-state index >= 15 is 0 Å². The Bertz CT molecular complexity index is 922.